The van der Waals surface area contributed by atoms with E-state index in [9.17, 15) is 18.4 Å². The monoisotopic (exact) mass is 453 g/mol. The van der Waals surface area contributed by atoms with Crippen molar-refractivity contribution in [1.29, 1.82) is 0 Å². The maximum Gasteiger partial charge on any atom is 0.407 e. The zero-order chi connectivity index (χ0) is 24.0. The Bertz CT molecular complexity index is 1160. The number of carbonyl (C=O) groups is 2. The molecule has 0 saturated heterocycles. The minimum atomic E-state index is -0.728. The van der Waals surface area contributed by atoms with E-state index in [-0.39, 0.29) is 24.2 Å². The van der Waals surface area contributed by atoms with Gasteiger partial charge in [-0.15, -0.1) is 0 Å². The van der Waals surface area contributed by atoms with Crippen LogP contribution < -0.4 is 10.6 Å². The van der Waals surface area contributed by atoms with Gasteiger partial charge in [0.25, 0.3) is 5.91 Å². The van der Waals surface area contributed by atoms with E-state index in [1.54, 1.807) is 33.0 Å². The number of pyridine rings is 1. The molecule has 2 amide bonds. The van der Waals surface area contributed by atoms with Gasteiger partial charge in [0.05, 0.1) is 5.56 Å². The number of benzene rings is 2. The first-order valence-corrected chi connectivity index (χ1v) is 10.3. The number of hydrogen-bond donors (Lipinski definition) is 2. The normalized spacial score (nSPS) is 11.1. The highest BCUT2D eigenvalue weighted by Gasteiger charge is 2.17. The molecule has 1 aromatic heterocycles. The van der Waals surface area contributed by atoms with Crippen molar-refractivity contribution >= 4 is 12.0 Å². The minimum absolute atomic E-state index is 0.0917. The average Bonchev–Trinajstić information content (AvgIpc) is 2.76. The van der Waals surface area contributed by atoms with Gasteiger partial charge in [-0.05, 0) is 44.0 Å². The summed E-state index contributed by atoms with van der Waals surface area (Å²) in [7, 11) is 0. The molecule has 3 rings (SSSR count). The fourth-order valence-electron chi connectivity index (χ4n) is 3.09. The first kappa shape index (κ1) is 23.8. The zero-order valence-electron chi connectivity index (χ0n) is 18.6. The predicted octanol–water partition coefficient (Wildman–Crippen LogP) is 4.98. The molecule has 33 heavy (non-hydrogen) atoms. The van der Waals surface area contributed by atoms with E-state index < -0.39 is 29.2 Å². The summed E-state index contributed by atoms with van der Waals surface area (Å²) in [5.41, 5.74) is 2.14. The molecule has 0 fully saturated rings. The van der Waals surface area contributed by atoms with Gasteiger partial charge in [0.15, 0.2) is 0 Å². The van der Waals surface area contributed by atoms with E-state index in [0.717, 1.165) is 23.3 Å². The van der Waals surface area contributed by atoms with Crippen molar-refractivity contribution in [3.05, 3.63) is 89.2 Å². The molecule has 2 aromatic carbocycles. The Labute approximate surface area is 191 Å². The number of nitrogens with zero attached hydrogens (tertiary/aromatic N) is 1. The molecule has 0 bridgehead atoms. The lowest BCUT2D eigenvalue weighted by Gasteiger charge is -2.20. The largest absolute Gasteiger partial charge is 0.444 e. The summed E-state index contributed by atoms with van der Waals surface area (Å²) in [5.74, 6) is -1.86. The number of carbonyl (C=O) groups excluding carboxylic acids is 2. The number of nitrogens with one attached hydrogen (secondary N) is 2. The topological polar surface area (TPSA) is 80.3 Å². The third-order valence-corrected chi connectivity index (χ3v) is 4.61. The molecule has 2 N–H and O–H groups in total. The van der Waals surface area contributed by atoms with Gasteiger partial charge in [-0.1, -0.05) is 30.3 Å². The van der Waals surface area contributed by atoms with Gasteiger partial charge < -0.3 is 15.4 Å². The molecule has 0 saturated carbocycles. The second kappa shape index (κ2) is 10.2. The van der Waals surface area contributed by atoms with Crippen LogP contribution in [-0.2, 0) is 17.8 Å². The molecule has 0 unspecified atom stereocenters. The molecule has 172 valence electrons. The van der Waals surface area contributed by atoms with Crippen LogP contribution in [-0.4, -0.2) is 22.6 Å². The van der Waals surface area contributed by atoms with Crippen molar-refractivity contribution in [2.75, 3.05) is 0 Å². The molecular formula is C25H25F2N3O3. The van der Waals surface area contributed by atoms with E-state index in [0.29, 0.717) is 5.56 Å². The molecule has 0 aliphatic rings. The summed E-state index contributed by atoms with van der Waals surface area (Å²) >= 11 is 0. The fraction of sp³-hybridized carbons (Fsp3) is 0.240. The van der Waals surface area contributed by atoms with Crippen LogP contribution in [0.2, 0.25) is 0 Å². The Morgan fingerprint density at radius 1 is 0.939 bits per heavy atom. The molecule has 0 spiro atoms. The Morgan fingerprint density at radius 2 is 1.67 bits per heavy atom. The van der Waals surface area contributed by atoms with Crippen molar-refractivity contribution in [3.8, 4) is 11.1 Å². The van der Waals surface area contributed by atoms with Crippen LogP contribution in [0.25, 0.3) is 11.1 Å². The maximum atomic E-state index is 13.8. The lowest BCUT2D eigenvalue weighted by Crippen LogP contribution is -2.32. The maximum absolute atomic E-state index is 13.8. The van der Waals surface area contributed by atoms with Gasteiger partial charge in [0.1, 0.15) is 17.2 Å². The minimum Gasteiger partial charge on any atom is -0.444 e. The van der Waals surface area contributed by atoms with Crippen LogP contribution in [0.3, 0.4) is 0 Å². The third kappa shape index (κ3) is 6.83. The number of alkyl carbamates (subject to hydrolysis) is 1. The Morgan fingerprint density at radius 3 is 2.39 bits per heavy atom. The summed E-state index contributed by atoms with van der Waals surface area (Å²) in [6.45, 7) is 5.49. The smallest absolute Gasteiger partial charge is 0.407 e. The van der Waals surface area contributed by atoms with Gasteiger partial charge in [0, 0.05) is 42.7 Å². The van der Waals surface area contributed by atoms with Crippen LogP contribution in [0.1, 0.15) is 42.3 Å². The van der Waals surface area contributed by atoms with Crippen molar-refractivity contribution in [1.82, 2.24) is 15.6 Å². The number of amides is 2. The molecule has 0 radical (unpaired) electrons. The lowest BCUT2D eigenvalue weighted by molar-refractivity contribution is 0.0523. The zero-order valence-corrected chi connectivity index (χ0v) is 18.6. The van der Waals surface area contributed by atoms with Crippen molar-refractivity contribution in [2.45, 2.75) is 39.5 Å². The molecule has 3 aromatic rings. The summed E-state index contributed by atoms with van der Waals surface area (Å²) in [6.07, 6.45) is 2.49. The standard InChI is InChI=1S/C25H25F2N3O3/c1-25(2,3)33-24(32)30-14-16-6-4-5-7-21(16)18-10-19(13-28-12-18)23(31)29-15-17-8-9-20(26)11-22(17)27/h4-13H,14-15H2,1-3H3,(H,29,31)(H,30,32). The first-order valence-electron chi connectivity index (χ1n) is 10.3. The fourth-order valence-corrected chi connectivity index (χ4v) is 3.09. The molecular weight excluding hydrogens is 428 g/mol. The van der Waals surface area contributed by atoms with Crippen molar-refractivity contribution < 1.29 is 23.1 Å². The molecule has 0 aliphatic carbocycles. The molecule has 0 atom stereocenters. The third-order valence-electron chi connectivity index (χ3n) is 4.61. The highest BCUT2D eigenvalue weighted by atomic mass is 19.1. The Balaban J connectivity index is 1.72. The number of ether oxygens (including phenoxy) is 1. The SMILES string of the molecule is CC(C)(C)OC(=O)NCc1ccccc1-c1cncc(C(=O)NCc2ccc(F)cc2F)c1. The van der Waals surface area contributed by atoms with Crippen LogP contribution in [0.5, 0.6) is 0 Å². The lowest BCUT2D eigenvalue weighted by atomic mass is 10.00. The first-order chi connectivity index (χ1) is 15.6. The van der Waals surface area contributed by atoms with Crippen LogP contribution >= 0.6 is 0 Å². The second-order valence-corrected chi connectivity index (χ2v) is 8.39. The molecule has 8 heteroatoms. The highest BCUT2D eigenvalue weighted by Crippen LogP contribution is 2.24. The van der Waals surface area contributed by atoms with Crippen LogP contribution in [0, 0.1) is 11.6 Å². The summed E-state index contributed by atoms with van der Waals surface area (Å²) in [5, 5.41) is 5.34. The number of halogens is 2. The molecule has 6 nitrogen and oxygen atoms in total. The number of rotatable bonds is 6. The second-order valence-electron chi connectivity index (χ2n) is 8.39. The molecule has 1 heterocycles. The Hall–Kier alpha value is -3.81. The van der Waals surface area contributed by atoms with Gasteiger partial charge in [0.2, 0.25) is 0 Å². The van der Waals surface area contributed by atoms with Crippen LogP contribution in [0.15, 0.2) is 60.9 Å². The Kier molecular flexibility index (Phi) is 7.37. The summed E-state index contributed by atoms with van der Waals surface area (Å²) in [4.78, 5) is 28.8. The van der Waals surface area contributed by atoms with Crippen molar-refractivity contribution in [2.24, 2.45) is 0 Å². The predicted molar refractivity (Wildman–Crippen MR) is 120 cm³/mol. The van der Waals surface area contributed by atoms with Crippen molar-refractivity contribution in [3.63, 3.8) is 0 Å². The van der Waals surface area contributed by atoms with Gasteiger partial charge in [-0.3, -0.25) is 9.78 Å². The molecule has 0 aliphatic heterocycles. The summed E-state index contributed by atoms with van der Waals surface area (Å²) in [6, 6.07) is 12.3. The van der Waals surface area contributed by atoms with E-state index in [1.165, 1.54) is 12.3 Å². The van der Waals surface area contributed by atoms with Gasteiger partial charge in [-0.25, -0.2) is 13.6 Å². The van der Waals surface area contributed by atoms with E-state index >= 15 is 0 Å². The van der Waals surface area contributed by atoms with Crippen LogP contribution in [0.4, 0.5) is 13.6 Å². The van der Waals surface area contributed by atoms with E-state index in [2.05, 4.69) is 15.6 Å². The highest BCUT2D eigenvalue weighted by molar-refractivity contribution is 5.95. The quantitative estimate of drug-likeness (QED) is 0.552. The van der Waals surface area contributed by atoms with Gasteiger partial charge in [-0.2, -0.15) is 0 Å². The number of hydrogen-bond acceptors (Lipinski definition) is 4. The summed E-state index contributed by atoms with van der Waals surface area (Å²) < 4.78 is 32.1. The van der Waals surface area contributed by atoms with E-state index in [1.807, 2.05) is 24.3 Å². The van der Waals surface area contributed by atoms with E-state index in [4.69, 9.17) is 4.74 Å². The number of aromatic nitrogens is 1. The average molecular weight is 453 g/mol. The van der Waals surface area contributed by atoms with Gasteiger partial charge >= 0.3 is 6.09 Å².